The van der Waals surface area contributed by atoms with E-state index < -0.39 is 5.82 Å². The Labute approximate surface area is 87.7 Å². The number of nitrogens with zero attached hydrogens (tertiary/aromatic N) is 1. The maximum absolute atomic E-state index is 13.3. The Bertz CT molecular complexity index is 354. The van der Waals surface area contributed by atoms with Gasteiger partial charge in [-0.15, -0.1) is 0 Å². The minimum atomic E-state index is -0.394. The van der Waals surface area contributed by atoms with Crippen molar-refractivity contribution in [2.75, 3.05) is 13.1 Å². The second kappa shape index (κ2) is 4.24. The fraction of sp³-hybridized carbons (Fsp3) is 0.455. The van der Waals surface area contributed by atoms with Gasteiger partial charge >= 0.3 is 0 Å². The van der Waals surface area contributed by atoms with E-state index in [-0.39, 0.29) is 11.9 Å². The Morgan fingerprint density at radius 2 is 2.20 bits per heavy atom. The molecule has 0 radical (unpaired) electrons. The van der Waals surface area contributed by atoms with E-state index >= 15 is 0 Å². The summed E-state index contributed by atoms with van der Waals surface area (Å²) in [5.41, 5.74) is 6.14. The number of benzene rings is 1. The summed E-state index contributed by atoms with van der Waals surface area (Å²) in [6.07, 6.45) is 0.928. The van der Waals surface area contributed by atoms with E-state index in [2.05, 4.69) is 0 Å². The molecule has 0 unspecified atom stereocenters. The standard InChI is InChI=1S/C11H14F2N2/c12-9-1-2-11(13)8(5-9)6-15-4-3-10(14)7-15/h1-2,5,10H,3-4,6-7,14H2/t10-/m0/s1. The second-order valence-corrected chi connectivity index (χ2v) is 4.02. The molecule has 0 spiro atoms. The van der Waals surface area contributed by atoms with Crippen molar-refractivity contribution in [3.63, 3.8) is 0 Å². The molecule has 1 heterocycles. The van der Waals surface area contributed by atoms with E-state index in [1.807, 2.05) is 4.90 Å². The summed E-state index contributed by atoms with van der Waals surface area (Å²) >= 11 is 0. The van der Waals surface area contributed by atoms with Crippen LogP contribution in [0, 0.1) is 11.6 Å². The Kier molecular flexibility index (Phi) is 2.98. The maximum atomic E-state index is 13.3. The number of nitrogens with two attached hydrogens (primary N) is 1. The highest BCUT2D eigenvalue weighted by Gasteiger charge is 2.20. The molecule has 0 saturated carbocycles. The average molecular weight is 212 g/mol. The van der Waals surface area contributed by atoms with Crippen molar-refractivity contribution in [1.82, 2.24) is 4.90 Å². The minimum absolute atomic E-state index is 0.168. The summed E-state index contributed by atoms with van der Waals surface area (Å²) < 4.78 is 26.2. The fourth-order valence-corrected chi connectivity index (χ4v) is 1.91. The molecule has 0 aliphatic carbocycles. The van der Waals surface area contributed by atoms with Gasteiger partial charge in [-0.1, -0.05) is 0 Å². The quantitative estimate of drug-likeness (QED) is 0.805. The van der Waals surface area contributed by atoms with E-state index in [4.69, 9.17) is 5.73 Å². The van der Waals surface area contributed by atoms with Gasteiger partial charge in [0.1, 0.15) is 11.6 Å². The highest BCUT2D eigenvalue weighted by molar-refractivity contribution is 5.18. The van der Waals surface area contributed by atoms with Gasteiger partial charge in [0, 0.05) is 31.2 Å². The molecule has 2 rings (SSSR count). The predicted molar refractivity (Wildman–Crippen MR) is 54.2 cm³/mol. The first-order chi connectivity index (χ1) is 7.15. The molecule has 82 valence electrons. The van der Waals surface area contributed by atoms with Crippen LogP contribution in [0.5, 0.6) is 0 Å². The third-order valence-electron chi connectivity index (χ3n) is 2.71. The molecule has 2 N–H and O–H groups in total. The second-order valence-electron chi connectivity index (χ2n) is 4.02. The lowest BCUT2D eigenvalue weighted by atomic mass is 10.2. The van der Waals surface area contributed by atoms with E-state index in [0.717, 1.165) is 25.6 Å². The zero-order valence-electron chi connectivity index (χ0n) is 8.42. The maximum Gasteiger partial charge on any atom is 0.127 e. The summed E-state index contributed by atoms with van der Waals surface area (Å²) in [6, 6.07) is 3.72. The lowest BCUT2D eigenvalue weighted by Crippen LogP contribution is -2.26. The molecular weight excluding hydrogens is 198 g/mol. The number of rotatable bonds is 2. The van der Waals surface area contributed by atoms with Gasteiger partial charge in [0.2, 0.25) is 0 Å². The predicted octanol–water partition coefficient (Wildman–Crippen LogP) is 1.50. The topological polar surface area (TPSA) is 29.3 Å². The van der Waals surface area contributed by atoms with Crippen molar-refractivity contribution in [3.05, 3.63) is 35.4 Å². The summed E-state index contributed by atoms with van der Waals surface area (Å²) in [6.45, 7) is 2.06. The smallest absolute Gasteiger partial charge is 0.127 e. The van der Waals surface area contributed by atoms with Crippen LogP contribution in [-0.4, -0.2) is 24.0 Å². The van der Waals surface area contributed by atoms with Gasteiger partial charge in [-0.05, 0) is 24.6 Å². The molecule has 1 atom stereocenters. The van der Waals surface area contributed by atoms with Crippen LogP contribution in [-0.2, 0) is 6.54 Å². The minimum Gasteiger partial charge on any atom is -0.326 e. The van der Waals surface area contributed by atoms with Crippen LogP contribution >= 0.6 is 0 Å². The lowest BCUT2D eigenvalue weighted by Gasteiger charge is -2.15. The van der Waals surface area contributed by atoms with Gasteiger partial charge in [-0.3, -0.25) is 4.90 Å². The zero-order chi connectivity index (χ0) is 10.8. The first-order valence-corrected chi connectivity index (χ1v) is 5.07. The summed E-state index contributed by atoms with van der Waals surface area (Å²) in [5.74, 6) is -0.744. The number of likely N-dealkylation sites (tertiary alicyclic amines) is 1. The molecule has 1 fully saturated rings. The van der Waals surface area contributed by atoms with E-state index in [0.29, 0.717) is 12.1 Å². The largest absolute Gasteiger partial charge is 0.326 e. The van der Waals surface area contributed by atoms with Crippen molar-refractivity contribution in [1.29, 1.82) is 0 Å². The van der Waals surface area contributed by atoms with Crippen LogP contribution in [0.3, 0.4) is 0 Å². The van der Waals surface area contributed by atoms with Crippen LogP contribution in [0.15, 0.2) is 18.2 Å². The monoisotopic (exact) mass is 212 g/mol. The van der Waals surface area contributed by atoms with Gasteiger partial charge in [-0.25, -0.2) is 8.78 Å². The molecule has 0 bridgehead atoms. The fourth-order valence-electron chi connectivity index (χ4n) is 1.91. The van der Waals surface area contributed by atoms with Gasteiger partial charge in [0.05, 0.1) is 0 Å². The average Bonchev–Trinajstić information content (AvgIpc) is 2.58. The van der Waals surface area contributed by atoms with Crippen LogP contribution in [0.4, 0.5) is 8.78 Å². The van der Waals surface area contributed by atoms with Crippen molar-refractivity contribution in [2.24, 2.45) is 5.73 Å². The summed E-state index contributed by atoms with van der Waals surface area (Å²) in [4.78, 5) is 2.04. The molecule has 1 saturated heterocycles. The first-order valence-electron chi connectivity index (χ1n) is 5.07. The van der Waals surface area contributed by atoms with Crippen molar-refractivity contribution < 1.29 is 8.78 Å². The van der Waals surface area contributed by atoms with E-state index in [1.165, 1.54) is 12.1 Å². The van der Waals surface area contributed by atoms with Crippen LogP contribution in [0.1, 0.15) is 12.0 Å². The molecule has 1 aromatic rings. The highest BCUT2D eigenvalue weighted by atomic mass is 19.1. The van der Waals surface area contributed by atoms with Gasteiger partial charge in [-0.2, -0.15) is 0 Å². The molecule has 1 aliphatic heterocycles. The van der Waals surface area contributed by atoms with Crippen molar-refractivity contribution in [2.45, 2.75) is 19.0 Å². The Hall–Kier alpha value is -1.00. The summed E-state index contributed by atoms with van der Waals surface area (Å²) in [7, 11) is 0. The molecule has 0 amide bonds. The van der Waals surface area contributed by atoms with E-state index in [1.54, 1.807) is 0 Å². The van der Waals surface area contributed by atoms with Crippen LogP contribution in [0.2, 0.25) is 0 Å². The molecule has 0 aromatic heterocycles. The number of hydrogen-bond acceptors (Lipinski definition) is 2. The Morgan fingerprint density at radius 3 is 2.87 bits per heavy atom. The normalized spacial score (nSPS) is 22.2. The van der Waals surface area contributed by atoms with Gasteiger partial charge in [0.25, 0.3) is 0 Å². The van der Waals surface area contributed by atoms with Gasteiger partial charge in [0.15, 0.2) is 0 Å². The zero-order valence-corrected chi connectivity index (χ0v) is 8.42. The van der Waals surface area contributed by atoms with Gasteiger partial charge < -0.3 is 5.73 Å². The van der Waals surface area contributed by atoms with Crippen molar-refractivity contribution >= 4 is 0 Å². The molecule has 1 aliphatic rings. The molecule has 4 heteroatoms. The number of hydrogen-bond donors (Lipinski definition) is 1. The SMILES string of the molecule is N[C@H]1CCN(Cc2cc(F)ccc2F)C1. The Balaban J connectivity index is 2.07. The third kappa shape index (κ3) is 2.52. The third-order valence-corrected chi connectivity index (χ3v) is 2.71. The molecule has 15 heavy (non-hydrogen) atoms. The summed E-state index contributed by atoms with van der Waals surface area (Å²) in [5, 5.41) is 0. The lowest BCUT2D eigenvalue weighted by molar-refractivity contribution is 0.320. The molecule has 2 nitrogen and oxygen atoms in total. The molecular formula is C11H14F2N2. The van der Waals surface area contributed by atoms with Crippen LogP contribution in [0.25, 0.3) is 0 Å². The highest BCUT2D eigenvalue weighted by Crippen LogP contribution is 2.15. The molecule has 1 aromatic carbocycles. The number of halogens is 2. The van der Waals surface area contributed by atoms with Crippen molar-refractivity contribution in [3.8, 4) is 0 Å². The Morgan fingerprint density at radius 1 is 1.40 bits per heavy atom. The first kappa shape index (κ1) is 10.5. The van der Waals surface area contributed by atoms with E-state index in [9.17, 15) is 8.78 Å². The van der Waals surface area contributed by atoms with Crippen LogP contribution < -0.4 is 5.73 Å².